The number of amides is 2. The third-order valence-corrected chi connectivity index (χ3v) is 1.43. The van der Waals surface area contributed by atoms with Crippen molar-refractivity contribution in [1.82, 2.24) is 14.7 Å². The molecular formula is C4H7N3OS. The van der Waals surface area contributed by atoms with Crippen LogP contribution in [0.15, 0.2) is 12.4 Å². The Kier molecular flexibility index (Phi) is 1.28. The summed E-state index contributed by atoms with van der Waals surface area (Å²) >= 11 is 3.82. The van der Waals surface area contributed by atoms with E-state index in [9.17, 15) is 4.79 Å². The molecule has 0 atom stereocenters. The first kappa shape index (κ1) is 6.28. The maximum Gasteiger partial charge on any atom is 0.354 e. The lowest BCUT2D eigenvalue weighted by molar-refractivity contribution is 0.208. The molecule has 1 rings (SSSR count). The first-order chi connectivity index (χ1) is 4.13. The lowest BCUT2D eigenvalue weighted by atomic mass is 10.8. The average Bonchev–Trinajstić information content (AvgIpc) is 1.98. The lowest BCUT2D eigenvalue weighted by Crippen LogP contribution is -2.28. The summed E-state index contributed by atoms with van der Waals surface area (Å²) < 4.78 is 1.14. The van der Waals surface area contributed by atoms with Gasteiger partial charge in [-0.15, -0.1) is 0 Å². The molecule has 4 nitrogen and oxygen atoms in total. The van der Waals surface area contributed by atoms with Gasteiger partial charge in [0.25, 0.3) is 0 Å². The van der Waals surface area contributed by atoms with Crippen molar-refractivity contribution in [3.8, 4) is 0 Å². The molecule has 1 aliphatic rings. The summed E-state index contributed by atoms with van der Waals surface area (Å²) in [4.78, 5) is 10.8. The van der Waals surface area contributed by atoms with Crippen LogP contribution >= 0.6 is 12.8 Å². The minimum Gasteiger partial charge on any atom is -0.279 e. The fourth-order valence-electron chi connectivity index (χ4n) is 0.546. The fourth-order valence-corrected chi connectivity index (χ4v) is 0.725. The number of nitrogens with one attached hydrogen (secondary N) is 1. The number of thiol groups is 1. The van der Waals surface area contributed by atoms with E-state index in [1.54, 1.807) is 7.05 Å². The molecule has 2 amide bonds. The molecule has 0 aromatic heterocycles. The van der Waals surface area contributed by atoms with Gasteiger partial charge in [-0.25, -0.2) is 14.1 Å². The first-order valence-corrected chi connectivity index (χ1v) is 2.75. The Bertz CT molecular complexity index is 169. The Morgan fingerprint density at radius 3 is 2.44 bits per heavy atom. The molecule has 9 heavy (non-hydrogen) atoms. The predicted octanol–water partition coefficient (Wildman–Crippen LogP) is 0.174. The van der Waals surface area contributed by atoms with E-state index in [0.717, 1.165) is 4.31 Å². The molecule has 1 heterocycles. The van der Waals surface area contributed by atoms with E-state index in [-0.39, 0.29) is 6.03 Å². The maximum atomic E-state index is 10.8. The van der Waals surface area contributed by atoms with Gasteiger partial charge in [-0.1, -0.05) is 19.4 Å². The van der Waals surface area contributed by atoms with E-state index in [1.807, 2.05) is 0 Å². The van der Waals surface area contributed by atoms with E-state index in [2.05, 4.69) is 24.8 Å². The number of carbonyl (C=O) groups is 1. The van der Waals surface area contributed by atoms with Gasteiger partial charge in [0.1, 0.15) is 5.82 Å². The highest BCUT2D eigenvalue weighted by molar-refractivity contribution is 7.78. The van der Waals surface area contributed by atoms with Crippen LogP contribution in [-0.2, 0) is 0 Å². The number of carbonyl (C=O) groups excluding carboxylic acids is 1. The van der Waals surface area contributed by atoms with Gasteiger partial charge < -0.3 is 0 Å². The summed E-state index contributed by atoms with van der Waals surface area (Å²) in [5.74, 6) is 0.478. The van der Waals surface area contributed by atoms with Crippen molar-refractivity contribution in [2.45, 2.75) is 0 Å². The van der Waals surface area contributed by atoms with E-state index < -0.39 is 0 Å². The van der Waals surface area contributed by atoms with Crippen molar-refractivity contribution in [1.29, 1.82) is 0 Å². The second-order valence-corrected chi connectivity index (χ2v) is 2.11. The summed E-state index contributed by atoms with van der Waals surface area (Å²) in [5, 5.41) is 1.30. The van der Waals surface area contributed by atoms with Crippen LogP contribution in [-0.4, -0.2) is 22.4 Å². The molecule has 50 valence electrons. The largest absolute Gasteiger partial charge is 0.354 e. The standard InChI is InChI=1S/C4H7N3OS/c1-3-5-6(2)4(8)7(3)9/h5,9H,1H2,2H3. The van der Waals surface area contributed by atoms with Gasteiger partial charge in [0, 0.05) is 7.05 Å². The number of hydrogen-bond donors (Lipinski definition) is 2. The molecule has 5 heteroatoms. The minimum atomic E-state index is -0.219. The highest BCUT2D eigenvalue weighted by Gasteiger charge is 2.25. The molecule has 1 saturated heterocycles. The van der Waals surface area contributed by atoms with Gasteiger partial charge in [-0.3, -0.25) is 5.43 Å². The van der Waals surface area contributed by atoms with E-state index in [1.165, 1.54) is 5.01 Å². The Morgan fingerprint density at radius 1 is 1.78 bits per heavy atom. The first-order valence-electron chi connectivity index (χ1n) is 2.35. The molecule has 0 aliphatic carbocycles. The number of nitrogens with zero attached hydrogens (tertiary/aromatic N) is 2. The molecule has 0 bridgehead atoms. The van der Waals surface area contributed by atoms with Crippen molar-refractivity contribution in [2.75, 3.05) is 7.05 Å². The third kappa shape index (κ3) is 0.829. The Hall–Kier alpha value is -0.840. The molecule has 0 aromatic carbocycles. The fraction of sp³-hybridized carbons (Fsp3) is 0.250. The molecule has 0 aromatic rings. The molecule has 1 fully saturated rings. The quantitative estimate of drug-likeness (QED) is 0.477. The van der Waals surface area contributed by atoms with E-state index in [0.29, 0.717) is 5.82 Å². The predicted molar refractivity (Wildman–Crippen MR) is 36.3 cm³/mol. The summed E-state index contributed by atoms with van der Waals surface area (Å²) in [5.41, 5.74) is 2.66. The van der Waals surface area contributed by atoms with Crippen LogP contribution in [0.2, 0.25) is 0 Å². The van der Waals surface area contributed by atoms with Crippen LogP contribution in [0.5, 0.6) is 0 Å². The molecule has 0 radical (unpaired) electrons. The van der Waals surface area contributed by atoms with Crippen LogP contribution in [0.3, 0.4) is 0 Å². The van der Waals surface area contributed by atoms with Gasteiger partial charge in [0.2, 0.25) is 0 Å². The zero-order chi connectivity index (χ0) is 7.02. The van der Waals surface area contributed by atoms with Crippen molar-refractivity contribution in [3.63, 3.8) is 0 Å². The highest BCUT2D eigenvalue weighted by atomic mass is 32.1. The van der Waals surface area contributed by atoms with E-state index >= 15 is 0 Å². The highest BCUT2D eigenvalue weighted by Crippen LogP contribution is 2.11. The molecule has 0 spiro atoms. The number of hydrazine groups is 1. The van der Waals surface area contributed by atoms with Gasteiger partial charge in [0.05, 0.1) is 0 Å². The molecule has 1 aliphatic heterocycles. The topological polar surface area (TPSA) is 35.6 Å². The van der Waals surface area contributed by atoms with Crippen LogP contribution < -0.4 is 5.43 Å². The smallest absolute Gasteiger partial charge is 0.279 e. The van der Waals surface area contributed by atoms with E-state index in [4.69, 9.17) is 0 Å². The summed E-state index contributed by atoms with van der Waals surface area (Å²) in [6, 6.07) is -0.219. The number of hydrogen-bond acceptors (Lipinski definition) is 3. The summed E-state index contributed by atoms with van der Waals surface area (Å²) in [6.45, 7) is 3.51. The minimum absolute atomic E-state index is 0.219. The Balaban J connectivity index is 2.77. The van der Waals surface area contributed by atoms with Gasteiger partial charge in [0.15, 0.2) is 0 Å². The van der Waals surface area contributed by atoms with Gasteiger partial charge in [-0.05, 0) is 0 Å². The monoisotopic (exact) mass is 145 g/mol. The number of rotatable bonds is 0. The van der Waals surface area contributed by atoms with Crippen molar-refractivity contribution >= 4 is 18.8 Å². The van der Waals surface area contributed by atoms with Crippen LogP contribution in [0.4, 0.5) is 4.79 Å². The average molecular weight is 145 g/mol. The normalized spacial score (nSPS) is 18.9. The second-order valence-electron chi connectivity index (χ2n) is 1.71. The molecule has 0 unspecified atom stereocenters. The van der Waals surface area contributed by atoms with Crippen molar-refractivity contribution in [3.05, 3.63) is 12.4 Å². The van der Waals surface area contributed by atoms with Gasteiger partial charge >= 0.3 is 6.03 Å². The summed E-state index contributed by atoms with van der Waals surface area (Å²) in [7, 11) is 1.60. The lowest BCUT2D eigenvalue weighted by Gasteiger charge is -2.03. The zero-order valence-corrected chi connectivity index (χ0v) is 5.85. The van der Waals surface area contributed by atoms with Crippen LogP contribution in [0.25, 0.3) is 0 Å². The maximum absolute atomic E-state index is 10.8. The zero-order valence-electron chi connectivity index (χ0n) is 4.96. The van der Waals surface area contributed by atoms with Gasteiger partial charge in [-0.2, -0.15) is 0 Å². The van der Waals surface area contributed by atoms with Crippen LogP contribution in [0.1, 0.15) is 0 Å². The molecule has 0 saturated carbocycles. The Morgan fingerprint density at radius 2 is 2.33 bits per heavy atom. The Labute approximate surface area is 58.6 Å². The van der Waals surface area contributed by atoms with Crippen LogP contribution in [0, 0.1) is 0 Å². The van der Waals surface area contributed by atoms with Crippen molar-refractivity contribution in [2.24, 2.45) is 0 Å². The molecular weight excluding hydrogens is 138 g/mol. The molecule has 1 N–H and O–H groups in total. The number of urea groups is 1. The SMILES string of the molecule is C=C1NN(C)C(=O)N1S. The van der Waals surface area contributed by atoms with Crippen molar-refractivity contribution < 1.29 is 4.79 Å². The summed E-state index contributed by atoms with van der Waals surface area (Å²) in [6.07, 6.45) is 0. The third-order valence-electron chi connectivity index (χ3n) is 1.02. The second kappa shape index (κ2) is 1.84.